The summed E-state index contributed by atoms with van der Waals surface area (Å²) in [7, 11) is 1.37. The minimum Gasteiger partial charge on any atom is -0.356 e. The summed E-state index contributed by atoms with van der Waals surface area (Å²) >= 11 is 0. The standard InChI is InChI=1S/C13H16F4N4O.HI/c1-18-12(19-6-5-13(15,16)17)20-8-11(22)21-10-4-2-3-9(14)7-10;/h2-4,7H,5-6,8H2,1H3,(H,21,22)(H2,18,19,20);1H. The molecule has 0 radical (unpaired) electrons. The smallest absolute Gasteiger partial charge is 0.356 e. The highest BCUT2D eigenvalue weighted by Crippen LogP contribution is 2.18. The second-order valence-electron chi connectivity index (χ2n) is 4.28. The lowest BCUT2D eigenvalue weighted by atomic mass is 10.3. The van der Waals surface area contributed by atoms with Gasteiger partial charge in [0.05, 0.1) is 13.0 Å². The van der Waals surface area contributed by atoms with E-state index < -0.39 is 24.3 Å². The molecule has 0 aromatic heterocycles. The average molecular weight is 448 g/mol. The van der Waals surface area contributed by atoms with Gasteiger partial charge in [0.2, 0.25) is 5.91 Å². The molecule has 5 nitrogen and oxygen atoms in total. The van der Waals surface area contributed by atoms with Crippen molar-refractivity contribution < 1.29 is 22.4 Å². The molecule has 23 heavy (non-hydrogen) atoms. The lowest BCUT2D eigenvalue weighted by Gasteiger charge is -2.13. The first-order chi connectivity index (χ1) is 10.3. The molecule has 0 fully saturated rings. The van der Waals surface area contributed by atoms with Gasteiger partial charge in [-0.2, -0.15) is 13.2 Å². The summed E-state index contributed by atoms with van der Waals surface area (Å²) in [6, 6.07) is 5.34. The second-order valence-corrected chi connectivity index (χ2v) is 4.28. The van der Waals surface area contributed by atoms with Crippen molar-refractivity contribution in [2.45, 2.75) is 12.6 Å². The molecule has 0 aliphatic rings. The quantitative estimate of drug-likeness (QED) is 0.281. The Morgan fingerprint density at radius 3 is 2.52 bits per heavy atom. The molecule has 0 unspecified atom stereocenters. The first-order valence-corrected chi connectivity index (χ1v) is 6.37. The third-order valence-corrected chi connectivity index (χ3v) is 2.45. The Bertz CT molecular complexity index is 537. The van der Waals surface area contributed by atoms with Crippen LogP contribution in [0.2, 0.25) is 0 Å². The normalized spacial score (nSPS) is 11.4. The Morgan fingerprint density at radius 1 is 1.26 bits per heavy atom. The molecule has 0 spiro atoms. The number of carbonyl (C=O) groups excluding carboxylic acids is 1. The first kappa shape index (κ1) is 21.4. The van der Waals surface area contributed by atoms with E-state index in [9.17, 15) is 22.4 Å². The van der Waals surface area contributed by atoms with E-state index in [4.69, 9.17) is 0 Å². The Hall–Kier alpha value is -1.59. The molecule has 0 aliphatic carbocycles. The molecule has 10 heteroatoms. The van der Waals surface area contributed by atoms with Gasteiger partial charge in [0.15, 0.2) is 5.96 Å². The number of hydrogen-bond acceptors (Lipinski definition) is 2. The number of alkyl halides is 3. The van der Waals surface area contributed by atoms with E-state index in [1.807, 2.05) is 0 Å². The van der Waals surface area contributed by atoms with E-state index in [0.717, 1.165) is 6.07 Å². The van der Waals surface area contributed by atoms with Crippen LogP contribution in [-0.4, -0.2) is 38.2 Å². The number of halogens is 5. The summed E-state index contributed by atoms with van der Waals surface area (Å²) < 4.78 is 48.9. The van der Waals surface area contributed by atoms with Crippen molar-refractivity contribution in [2.24, 2.45) is 4.99 Å². The third-order valence-electron chi connectivity index (χ3n) is 2.45. The number of nitrogens with one attached hydrogen (secondary N) is 3. The van der Waals surface area contributed by atoms with Gasteiger partial charge in [-0.3, -0.25) is 9.79 Å². The van der Waals surface area contributed by atoms with Crippen LogP contribution in [0.4, 0.5) is 23.2 Å². The fourth-order valence-corrected chi connectivity index (χ4v) is 1.48. The minimum atomic E-state index is -4.26. The maximum atomic E-state index is 12.9. The van der Waals surface area contributed by atoms with Crippen molar-refractivity contribution in [1.29, 1.82) is 0 Å². The summed E-state index contributed by atoms with van der Waals surface area (Å²) in [5.74, 6) is -0.904. The maximum Gasteiger partial charge on any atom is 0.390 e. The van der Waals surface area contributed by atoms with Crippen molar-refractivity contribution in [1.82, 2.24) is 10.6 Å². The predicted octanol–water partition coefficient (Wildman–Crippen LogP) is 2.50. The topological polar surface area (TPSA) is 65.5 Å². The van der Waals surface area contributed by atoms with Crippen LogP contribution in [0.5, 0.6) is 0 Å². The number of anilines is 1. The number of guanidine groups is 1. The van der Waals surface area contributed by atoms with Crippen LogP contribution in [-0.2, 0) is 4.79 Å². The minimum absolute atomic E-state index is 0. The molecule has 130 valence electrons. The predicted molar refractivity (Wildman–Crippen MR) is 90.5 cm³/mol. The fourth-order valence-electron chi connectivity index (χ4n) is 1.48. The van der Waals surface area contributed by atoms with Crippen molar-refractivity contribution in [3.63, 3.8) is 0 Å². The third kappa shape index (κ3) is 9.92. The molecule has 0 saturated carbocycles. The van der Waals surface area contributed by atoms with Crippen LogP contribution in [0, 0.1) is 5.82 Å². The van der Waals surface area contributed by atoms with Crippen LogP contribution in [0.15, 0.2) is 29.3 Å². The van der Waals surface area contributed by atoms with Gasteiger partial charge in [0.1, 0.15) is 5.82 Å². The Morgan fingerprint density at radius 2 is 1.96 bits per heavy atom. The van der Waals surface area contributed by atoms with Gasteiger partial charge in [-0.1, -0.05) is 6.07 Å². The highest BCUT2D eigenvalue weighted by Gasteiger charge is 2.26. The first-order valence-electron chi connectivity index (χ1n) is 6.37. The molecule has 1 rings (SSSR count). The zero-order valence-electron chi connectivity index (χ0n) is 12.2. The number of hydrogen-bond donors (Lipinski definition) is 3. The molecule has 1 amide bonds. The number of rotatable bonds is 5. The van der Waals surface area contributed by atoms with E-state index in [1.165, 1.54) is 25.2 Å². The zero-order valence-corrected chi connectivity index (χ0v) is 14.5. The highest BCUT2D eigenvalue weighted by atomic mass is 127. The average Bonchev–Trinajstić information content (AvgIpc) is 2.41. The second kappa shape index (κ2) is 10.2. The number of benzene rings is 1. The highest BCUT2D eigenvalue weighted by molar-refractivity contribution is 14.0. The van der Waals surface area contributed by atoms with Gasteiger partial charge in [0, 0.05) is 19.3 Å². The van der Waals surface area contributed by atoms with Crippen LogP contribution in [0.25, 0.3) is 0 Å². The molecule has 0 heterocycles. The summed E-state index contributed by atoms with van der Waals surface area (Å²) in [6.07, 6.45) is -5.27. The van der Waals surface area contributed by atoms with Crippen molar-refractivity contribution in [3.05, 3.63) is 30.1 Å². The molecule has 3 N–H and O–H groups in total. The van der Waals surface area contributed by atoms with E-state index in [-0.39, 0.29) is 48.7 Å². The van der Waals surface area contributed by atoms with Gasteiger partial charge in [0.25, 0.3) is 0 Å². The molecule has 0 bridgehead atoms. The van der Waals surface area contributed by atoms with E-state index in [2.05, 4.69) is 20.9 Å². The summed E-state index contributed by atoms with van der Waals surface area (Å²) in [4.78, 5) is 15.3. The molecule has 0 aliphatic heterocycles. The van der Waals surface area contributed by atoms with Crippen LogP contribution in [0.3, 0.4) is 0 Å². The summed E-state index contributed by atoms with van der Waals surface area (Å²) in [5.41, 5.74) is 0.284. The van der Waals surface area contributed by atoms with E-state index >= 15 is 0 Å². The molecule has 0 atom stereocenters. The summed E-state index contributed by atoms with van der Waals surface area (Å²) in [6.45, 7) is -0.573. The SMILES string of the molecule is CN=C(NCCC(F)(F)F)NCC(=O)Nc1cccc(F)c1.I. The van der Waals surface area contributed by atoms with Gasteiger partial charge in [-0.15, -0.1) is 24.0 Å². The number of nitrogens with zero attached hydrogens (tertiary/aromatic N) is 1. The lowest BCUT2D eigenvalue weighted by Crippen LogP contribution is -2.42. The molecule has 1 aromatic rings. The van der Waals surface area contributed by atoms with Crippen LogP contribution < -0.4 is 16.0 Å². The molecular formula is C13H17F4IN4O. The summed E-state index contributed by atoms with van der Waals surface area (Å²) in [5, 5.41) is 7.43. The Labute approximate surface area is 147 Å². The largest absolute Gasteiger partial charge is 0.390 e. The van der Waals surface area contributed by atoms with Gasteiger partial charge >= 0.3 is 6.18 Å². The van der Waals surface area contributed by atoms with Crippen LogP contribution in [0.1, 0.15) is 6.42 Å². The molecule has 1 aromatic carbocycles. The Kier molecular flexibility index (Phi) is 9.53. The molecular weight excluding hydrogens is 431 g/mol. The number of amides is 1. The zero-order chi connectivity index (χ0) is 16.6. The van der Waals surface area contributed by atoms with Gasteiger partial charge < -0.3 is 16.0 Å². The maximum absolute atomic E-state index is 12.9. The van der Waals surface area contributed by atoms with Crippen molar-refractivity contribution in [2.75, 3.05) is 25.5 Å². The fraction of sp³-hybridized carbons (Fsp3) is 0.385. The van der Waals surface area contributed by atoms with Crippen LogP contribution >= 0.6 is 24.0 Å². The Balaban J connectivity index is 0.00000484. The number of aliphatic imine (C=N–C) groups is 1. The van der Waals surface area contributed by atoms with Crippen molar-refractivity contribution in [3.8, 4) is 0 Å². The van der Waals surface area contributed by atoms with E-state index in [1.54, 1.807) is 0 Å². The monoisotopic (exact) mass is 448 g/mol. The van der Waals surface area contributed by atoms with Gasteiger partial charge in [-0.05, 0) is 18.2 Å². The lowest BCUT2D eigenvalue weighted by molar-refractivity contribution is -0.132. The number of carbonyl (C=O) groups is 1. The van der Waals surface area contributed by atoms with E-state index in [0.29, 0.717) is 0 Å². The van der Waals surface area contributed by atoms with Gasteiger partial charge in [-0.25, -0.2) is 4.39 Å². The molecule has 0 saturated heterocycles. The van der Waals surface area contributed by atoms with Crippen molar-refractivity contribution >= 4 is 41.5 Å².